The van der Waals surface area contributed by atoms with Crippen molar-refractivity contribution >= 4 is 11.7 Å². The average molecular weight is 439 g/mol. The van der Waals surface area contributed by atoms with Crippen molar-refractivity contribution in [3.05, 3.63) is 59.5 Å². The van der Waals surface area contributed by atoms with Gasteiger partial charge in [-0.1, -0.05) is 12.1 Å². The molecule has 1 amide bonds. The summed E-state index contributed by atoms with van der Waals surface area (Å²) >= 11 is 0. The first kappa shape index (κ1) is 23.7. The Hall–Kier alpha value is -2.98. The molecule has 0 saturated heterocycles. The standard InChI is InChI=1S/C25H31FN4O2/c1-4-29(17-19(3)30(5-2)23-11-10-20(15-27)16-28-23)24(31)18-32-25(12-7-13-25)21-8-6-9-22(26)14-21/h6,8-11,14,16,19H,4-5,7,12-13,17-18H2,1-3H3. The van der Waals surface area contributed by atoms with Gasteiger partial charge in [0.25, 0.3) is 0 Å². The number of benzene rings is 1. The van der Waals surface area contributed by atoms with Gasteiger partial charge in [0.05, 0.1) is 11.2 Å². The Bertz CT molecular complexity index is 953. The van der Waals surface area contributed by atoms with Gasteiger partial charge in [0.2, 0.25) is 5.91 Å². The maximum absolute atomic E-state index is 13.7. The van der Waals surface area contributed by atoms with Gasteiger partial charge in [0, 0.05) is 31.9 Å². The smallest absolute Gasteiger partial charge is 0.248 e. The number of ether oxygens (including phenoxy) is 1. The topological polar surface area (TPSA) is 69.5 Å². The van der Waals surface area contributed by atoms with Gasteiger partial charge in [-0.25, -0.2) is 9.37 Å². The van der Waals surface area contributed by atoms with Gasteiger partial charge >= 0.3 is 0 Å². The Morgan fingerprint density at radius 2 is 2.06 bits per heavy atom. The molecule has 0 N–H and O–H groups in total. The minimum Gasteiger partial charge on any atom is -0.360 e. The molecule has 1 atom stereocenters. The fourth-order valence-corrected chi connectivity index (χ4v) is 4.22. The highest BCUT2D eigenvalue weighted by Crippen LogP contribution is 2.44. The van der Waals surface area contributed by atoms with Gasteiger partial charge in [-0.3, -0.25) is 4.79 Å². The molecule has 2 aromatic rings. The van der Waals surface area contributed by atoms with Crippen molar-refractivity contribution in [3.8, 4) is 6.07 Å². The predicted molar refractivity (Wildman–Crippen MR) is 122 cm³/mol. The van der Waals surface area contributed by atoms with Crippen LogP contribution in [0.2, 0.25) is 0 Å². The number of aromatic nitrogens is 1. The van der Waals surface area contributed by atoms with Crippen LogP contribution in [0.4, 0.5) is 10.2 Å². The van der Waals surface area contributed by atoms with E-state index in [0.29, 0.717) is 18.7 Å². The molecule has 170 valence electrons. The molecule has 1 aromatic heterocycles. The van der Waals surface area contributed by atoms with Crippen LogP contribution in [0.25, 0.3) is 0 Å². The maximum atomic E-state index is 13.7. The van der Waals surface area contributed by atoms with Crippen LogP contribution in [-0.4, -0.2) is 48.1 Å². The number of anilines is 1. The Labute approximate surface area is 189 Å². The van der Waals surface area contributed by atoms with Crippen LogP contribution in [0.5, 0.6) is 0 Å². The van der Waals surface area contributed by atoms with Gasteiger partial charge in [-0.05, 0) is 69.9 Å². The molecule has 1 unspecified atom stereocenters. The minimum atomic E-state index is -0.565. The van der Waals surface area contributed by atoms with E-state index in [-0.39, 0.29) is 24.4 Å². The Kier molecular flexibility index (Phi) is 7.81. The third-order valence-electron chi connectivity index (χ3n) is 6.25. The minimum absolute atomic E-state index is 0.0294. The van der Waals surface area contributed by atoms with Crippen LogP contribution in [0.15, 0.2) is 42.6 Å². The first-order valence-corrected chi connectivity index (χ1v) is 11.2. The Morgan fingerprint density at radius 1 is 1.28 bits per heavy atom. The first-order chi connectivity index (χ1) is 15.4. The summed E-state index contributed by atoms with van der Waals surface area (Å²) in [5.41, 5.74) is 0.755. The second kappa shape index (κ2) is 10.6. The highest BCUT2D eigenvalue weighted by atomic mass is 19.1. The SMILES string of the molecule is CCN(CC(C)N(CC)c1ccc(C#N)cn1)C(=O)COC1(c2cccc(F)c2)CCC1. The van der Waals surface area contributed by atoms with E-state index >= 15 is 0 Å². The molecular formula is C25H31FN4O2. The summed E-state index contributed by atoms with van der Waals surface area (Å²) in [5.74, 6) is 0.410. The molecule has 0 spiro atoms. The number of nitriles is 1. The number of likely N-dealkylation sites (N-methyl/N-ethyl adjacent to an activating group) is 2. The molecule has 32 heavy (non-hydrogen) atoms. The predicted octanol–water partition coefficient (Wildman–Crippen LogP) is 4.25. The van der Waals surface area contributed by atoms with Crippen LogP contribution in [0, 0.1) is 17.1 Å². The fraction of sp³-hybridized carbons (Fsp3) is 0.480. The summed E-state index contributed by atoms with van der Waals surface area (Å²) in [6.07, 6.45) is 4.15. The number of hydrogen-bond donors (Lipinski definition) is 0. The van der Waals surface area contributed by atoms with E-state index in [9.17, 15) is 9.18 Å². The van der Waals surface area contributed by atoms with E-state index in [1.807, 2.05) is 26.0 Å². The van der Waals surface area contributed by atoms with E-state index < -0.39 is 5.60 Å². The maximum Gasteiger partial charge on any atom is 0.248 e. The lowest BCUT2D eigenvalue weighted by molar-refractivity contribution is -0.153. The molecule has 0 aliphatic heterocycles. The van der Waals surface area contributed by atoms with Gasteiger partial charge in [-0.15, -0.1) is 0 Å². The molecule has 3 rings (SSSR count). The van der Waals surface area contributed by atoms with Gasteiger partial charge in [0.1, 0.15) is 24.3 Å². The summed E-state index contributed by atoms with van der Waals surface area (Å²) in [7, 11) is 0. The van der Waals surface area contributed by atoms with Crippen molar-refractivity contribution in [1.82, 2.24) is 9.88 Å². The zero-order valence-electron chi connectivity index (χ0n) is 19.1. The summed E-state index contributed by atoms with van der Waals surface area (Å²) in [5, 5.41) is 8.98. The summed E-state index contributed by atoms with van der Waals surface area (Å²) in [6, 6.07) is 12.2. The highest BCUT2D eigenvalue weighted by Gasteiger charge is 2.40. The molecule has 7 heteroatoms. The van der Waals surface area contributed by atoms with Crippen molar-refractivity contribution in [2.45, 2.75) is 51.7 Å². The zero-order chi connectivity index (χ0) is 23.1. The summed E-state index contributed by atoms with van der Waals surface area (Å²) in [6.45, 7) is 7.84. The van der Waals surface area contributed by atoms with Crippen LogP contribution in [-0.2, 0) is 15.1 Å². The number of hydrogen-bond acceptors (Lipinski definition) is 5. The van der Waals surface area contributed by atoms with E-state index in [2.05, 4.69) is 22.9 Å². The van der Waals surface area contributed by atoms with Gasteiger partial charge in [-0.2, -0.15) is 5.26 Å². The van der Waals surface area contributed by atoms with E-state index in [0.717, 1.165) is 37.2 Å². The number of halogens is 1. The molecule has 1 heterocycles. The number of rotatable bonds is 10. The normalized spacial score (nSPS) is 15.3. The molecular weight excluding hydrogens is 407 g/mol. The highest BCUT2D eigenvalue weighted by molar-refractivity contribution is 5.77. The fourth-order valence-electron chi connectivity index (χ4n) is 4.22. The Morgan fingerprint density at radius 3 is 2.59 bits per heavy atom. The molecule has 1 fully saturated rings. The number of pyridine rings is 1. The van der Waals surface area contributed by atoms with Crippen LogP contribution in [0.3, 0.4) is 0 Å². The first-order valence-electron chi connectivity index (χ1n) is 11.2. The molecule has 1 saturated carbocycles. The second-order valence-electron chi connectivity index (χ2n) is 8.23. The number of nitrogens with zero attached hydrogens (tertiary/aromatic N) is 4. The molecule has 1 aliphatic rings. The van der Waals surface area contributed by atoms with Crippen molar-refractivity contribution in [2.75, 3.05) is 31.1 Å². The van der Waals surface area contributed by atoms with Crippen LogP contribution >= 0.6 is 0 Å². The van der Waals surface area contributed by atoms with E-state index in [1.54, 1.807) is 23.2 Å². The molecule has 0 bridgehead atoms. The van der Waals surface area contributed by atoms with Gasteiger partial charge in [0.15, 0.2) is 0 Å². The molecule has 1 aromatic carbocycles. The van der Waals surface area contributed by atoms with Crippen molar-refractivity contribution in [1.29, 1.82) is 5.26 Å². The lowest BCUT2D eigenvalue weighted by Gasteiger charge is -2.42. The summed E-state index contributed by atoms with van der Waals surface area (Å²) < 4.78 is 19.8. The van der Waals surface area contributed by atoms with Crippen molar-refractivity contribution in [2.24, 2.45) is 0 Å². The van der Waals surface area contributed by atoms with E-state index in [4.69, 9.17) is 10.00 Å². The lowest BCUT2D eigenvalue weighted by Crippen LogP contribution is -2.47. The Balaban J connectivity index is 1.62. The number of amides is 1. The average Bonchev–Trinajstić information content (AvgIpc) is 2.77. The number of carbonyl (C=O) groups excluding carboxylic acids is 1. The van der Waals surface area contributed by atoms with Crippen LogP contribution in [0.1, 0.15) is 51.2 Å². The van der Waals surface area contributed by atoms with E-state index in [1.165, 1.54) is 12.1 Å². The third-order valence-corrected chi connectivity index (χ3v) is 6.25. The largest absolute Gasteiger partial charge is 0.360 e. The monoisotopic (exact) mass is 438 g/mol. The third kappa shape index (κ3) is 5.25. The molecule has 1 aliphatic carbocycles. The zero-order valence-corrected chi connectivity index (χ0v) is 19.1. The molecule has 0 radical (unpaired) electrons. The van der Waals surface area contributed by atoms with Crippen molar-refractivity contribution < 1.29 is 13.9 Å². The molecule has 6 nitrogen and oxygen atoms in total. The summed E-state index contributed by atoms with van der Waals surface area (Å²) in [4.78, 5) is 21.3. The van der Waals surface area contributed by atoms with Crippen LogP contribution < -0.4 is 4.90 Å². The van der Waals surface area contributed by atoms with Crippen molar-refractivity contribution in [3.63, 3.8) is 0 Å². The second-order valence-corrected chi connectivity index (χ2v) is 8.23. The quantitative estimate of drug-likeness (QED) is 0.555. The lowest BCUT2D eigenvalue weighted by atomic mass is 9.75. The van der Waals surface area contributed by atoms with Gasteiger partial charge < -0.3 is 14.5 Å². The number of carbonyl (C=O) groups is 1.